The van der Waals surface area contributed by atoms with E-state index in [0.717, 1.165) is 0 Å². The van der Waals surface area contributed by atoms with Gasteiger partial charge in [0.1, 0.15) is 6.04 Å². The van der Waals surface area contributed by atoms with Gasteiger partial charge in [-0.05, 0) is 32.0 Å². The summed E-state index contributed by atoms with van der Waals surface area (Å²) in [5.74, 6) is -0.371. The first-order chi connectivity index (χ1) is 8.45. The minimum absolute atomic E-state index is 0.104. The van der Waals surface area contributed by atoms with Crippen molar-refractivity contribution < 1.29 is 9.59 Å². The molecule has 0 aliphatic rings. The topological polar surface area (TPSA) is 49.4 Å². The summed E-state index contributed by atoms with van der Waals surface area (Å²) >= 11 is 4.17. The molecule has 0 aromatic heterocycles. The lowest BCUT2D eigenvalue weighted by molar-refractivity contribution is -0.131. The van der Waals surface area contributed by atoms with Crippen molar-refractivity contribution in [3.8, 4) is 0 Å². The highest BCUT2D eigenvalue weighted by Crippen LogP contribution is 2.09. The minimum Gasteiger partial charge on any atom is -0.344 e. The highest BCUT2D eigenvalue weighted by atomic mass is 32.1. The van der Waals surface area contributed by atoms with Crippen LogP contribution in [0, 0.1) is 0 Å². The molecule has 0 fully saturated rings. The van der Waals surface area contributed by atoms with E-state index in [2.05, 4.69) is 17.9 Å². The lowest BCUT2D eigenvalue weighted by atomic mass is 10.2. The number of carbonyl (C=O) groups is 2. The highest BCUT2D eigenvalue weighted by molar-refractivity contribution is 7.80. The van der Waals surface area contributed by atoms with E-state index in [0.29, 0.717) is 17.0 Å². The molecule has 2 amide bonds. The van der Waals surface area contributed by atoms with Gasteiger partial charge in [-0.1, -0.05) is 6.07 Å². The molecular formula is C13H18N2O2S. The van der Waals surface area contributed by atoms with Gasteiger partial charge in [-0.3, -0.25) is 9.59 Å². The fourth-order valence-electron chi connectivity index (χ4n) is 1.48. The zero-order valence-corrected chi connectivity index (χ0v) is 11.7. The van der Waals surface area contributed by atoms with Gasteiger partial charge in [0.05, 0.1) is 0 Å². The summed E-state index contributed by atoms with van der Waals surface area (Å²) in [6, 6.07) is 6.36. The molecule has 1 atom stereocenters. The Bertz CT molecular complexity index is 448. The smallest absolute Gasteiger partial charge is 0.251 e. The average Bonchev–Trinajstić information content (AvgIpc) is 2.36. The van der Waals surface area contributed by atoms with Gasteiger partial charge in [-0.25, -0.2) is 0 Å². The quantitative estimate of drug-likeness (QED) is 0.813. The van der Waals surface area contributed by atoms with Crippen LogP contribution in [-0.4, -0.2) is 36.3 Å². The van der Waals surface area contributed by atoms with Crippen molar-refractivity contribution in [3.05, 3.63) is 29.8 Å². The first-order valence-electron chi connectivity index (χ1n) is 5.80. The summed E-state index contributed by atoms with van der Waals surface area (Å²) in [4.78, 5) is 26.0. The third-order valence-corrected chi connectivity index (χ3v) is 2.96. The number of thiol groups is 1. The second-order valence-electron chi connectivity index (χ2n) is 4.10. The molecule has 4 nitrogen and oxygen atoms in total. The number of rotatable bonds is 4. The third kappa shape index (κ3) is 3.77. The van der Waals surface area contributed by atoms with E-state index in [1.54, 1.807) is 43.1 Å². The van der Waals surface area contributed by atoms with Crippen LogP contribution in [0.1, 0.15) is 24.2 Å². The normalized spacial score (nSPS) is 11.8. The molecule has 98 valence electrons. The van der Waals surface area contributed by atoms with Crippen molar-refractivity contribution in [3.63, 3.8) is 0 Å². The molecule has 0 bridgehead atoms. The molecule has 0 heterocycles. The van der Waals surface area contributed by atoms with Crippen LogP contribution in [-0.2, 0) is 4.79 Å². The molecule has 0 spiro atoms. The molecule has 1 N–H and O–H groups in total. The van der Waals surface area contributed by atoms with Gasteiger partial charge >= 0.3 is 0 Å². The van der Waals surface area contributed by atoms with Gasteiger partial charge in [0.15, 0.2) is 0 Å². The lowest BCUT2D eigenvalue weighted by Gasteiger charge is -2.20. The number of hydrogen-bond donors (Lipinski definition) is 2. The molecular weight excluding hydrogens is 248 g/mol. The summed E-state index contributed by atoms with van der Waals surface area (Å²) in [6.07, 6.45) is 0. The molecule has 0 saturated heterocycles. The Balaban J connectivity index is 2.68. The third-order valence-electron chi connectivity index (χ3n) is 2.68. The minimum atomic E-state index is -0.536. The van der Waals surface area contributed by atoms with E-state index in [1.807, 2.05) is 6.92 Å². The zero-order chi connectivity index (χ0) is 13.7. The maximum Gasteiger partial charge on any atom is 0.251 e. The second-order valence-corrected chi connectivity index (χ2v) is 4.61. The van der Waals surface area contributed by atoms with Crippen molar-refractivity contribution in [2.75, 3.05) is 13.6 Å². The highest BCUT2D eigenvalue weighted by Gasteiger charge is 2.19. The Kier molecular flexibility index (Phi) is 5.22. The van der Waals surface area contributed by atoms with Crippen LogP contribution in [0.5, 0.6) is 0 Å². The Morgan fingerprint density at radius 3 is 2.67 bits per heavy atom. The summed E-state index contributed by atoms with van der Waals surface area (Å²) in [6.45, 7) is 4.18. The molecule has 0 aliphatic heterocycles. The number of nitrogens with zero attached hydrogens (tertiary/aromatic N) is 1. The maximum absolute atomic E-state index is 11.9. The molecule has 5 heteroatoms. The van der Waals surface area contributed by atoms with Crippen LogP contribution >= 0.6 is 12.6 Å². The number of carbonyl (C=O) groups excluding carboxylic acids is 2. The first-order valence-corrected chi connectivity index (χ1v) is 6.25. The zero-order valence-electron chi connectivity index (χ0n) is 10.8. The van der Waals surface area contributed by atoms with Gasteiger partial charge < -0.3 is 10.2 Å². The molecule has 0 radical (unpaired) electrons. The van der Waals surface area contributed by atoms with Crippen LogP contribution in [0.2, 0.25) is 0 Å². The van der Waals surface area contributed by atoms with Gasteiger partial charge in [0.25, 0.3) is 5.91 Å². The average molecular weight is 266 g/mol. The van der Waals surface area contributed by atoms with Crippen LogP contribution in [0.25, 0.3) is 0 Å². The molecule has 0 aliphatic carbocycles. The predicted molar refractivity (Wildman–Crippen MR) is 73.9 cm³/mol. The fourth-order valence-corrected chi connectivity index (χ4v) is 1.70. The standard InChI is InChI=1S/C13H18N2O2S/c1-4-15(3)13(17)9(2)14-12(16)10-6-5-7-11(18)8-10/h5-9,18H,4H2,1-3H3,(H,14,16). The van der Waals surface area contributed by atoms with E-state index >= 15 is 0 Å². The van der Waals surface area contributed by atoms with E-state index in [9.17, 15) is 9.59 Å². The fraction of sp³-hybridized carbons (Fsp3) is 0.385. The van der Waals surface area contributed by atoms with Crippen molar-refractivity contribution in [1.82, 2.24) is 10.2 Å². The van der Waals surface area contributed by atoms with Crippen molar-refractivity contribution in [2.24, 2.45) is 0 Å². The molecule has 1 rings (SSSR count). The molecule has 0 saturated carbocycles. The summed E-state index contributed by atoms with van der Waals surface area (Å²) in [7, 11) is 1.71. The van der Waals surface area contributed by atoms with E-state index < -0.39 is 6.04 Å². The SMILES string of the molecule is CCN(C)C(=O)C(C)NC(=O)c1cccc(S)c1. The summed E-state index contributed by atoms with van der Waals surface area (Å²) in [5.41, 5.74) is 0.501. The Morgan fingerprint density at radius 1 is 1.44 bits per heavy atom. The number of amides is 2. The van der Waals surface area contributed by atoms with Crippen LogP contribution in [0.15, 0.2) is 29.2 Å². The summed E-state index contributed by atoms with van der Waals surface area (Å²) < 4.78 is 0. The monoisotopic (exact) mass is 266 g/mol. The van der Waals surface area contributed by atoms with Crippen LogP contribution in [0.3, 0.4) is 0 Å². The van der Waals surface area contributed by atoms with Crippen molar-refractivity contribution in [2.45, 2.75) is 24.8 Å². The van der Waals surface area contributed by atoms with Crippen LogP contribution in [0.4, 0.5) is 0 Å². The van der Waals surface area contributed by atoms with Crippen molar-refractivity contribution >= 4 is 24.4 Å². The number of likely N-dealkylation sites (N-methyl/N-ethyl adjacent to an activating group) is 1. The number of hydrogen-bond acceptors (Lipinski definition) is 3. The number of nitrogens with one attached hydrogen (secondary N) is 1. The lowest BCUT2D eigenvalue weighted by Crippen LogP contribution is -2.45. The molecule has 1 unspecified atom stereocenters. The largest absolute Gasteiger partial charge is 0.344 e. The van der Waals surface area contributed by atoms with Gasteiger partial charge in [0.2, 0.25) is 5.91 Å². The second kappa shape index (κ2) is 6.44. The van der Waals surface area contributed by atoms with Gasteiger partial charge in [-0.15, -0.1) is 12.6 Å². The van der Waals surface area contributed by atoms with Crippen molar-refractivity contribution in [1.29, 1.82) is 0 Å². The van der Waals surface area contributed by atoms with E-state index in [1.165, 1.54) is 0 Å². The Hall–Kier alpha value is -1.49. The van der Waals surface area contributed by atoms with Crippen LogP contribution < -0.4 is 5.32 Å². The van der Waals surface area contributed by atoms with E-state index in [4.69, 9.17) is 0 Å². The van der Waals surface area contributed by atoms with Gasteiger partial charge in [-0.2, -0.15) is 0 Å². The molecule has 1 aromatic carbocycles. The molecule has 18 heavy (non-hydrogen) atoms. The molecule has 1 aromatic rings. The summed E-state index contributed by atoms with van der Waals surface area (Å²) in [5, 5.41) is 2.67. The van der Waals surface area contributed by atoms with Gasteiger partial charge in [0, 0.05) is 24.1 Å². The predicted octanol–water partition coefficient (Wildman–Crippen LogP) is 1.57. The number of benzene rings is 1. The Labute approximate surface area is 113 Å². The maximum atomic E-state index is 11.9. The Morgan fingerprint density at radius 2 is 2.11 bits per heavy atom. The first kappa shape index (κ1) is 14.6. The van der Waals surface area contributed by atoms with E-state index in [-0.39, 0.29) is 11.8 Å².